The Morgan fingerprint density at radius 1 is 0.909 bits per heavy atom. The van der Waals surface area contributed by atoms with E-state index in [0.717, 1.165) is 5.56 Å². The Bertz CT molecular complexity index is 1220. The largest absolute Gasteiger partial charge is 0.493 e. The van der Waals surface area contributed by atoms with Gasteiger partial charge in [0.2, 0.25) is 17.6 Å². The Hall–Kier alpha value is -4.33. The van der Waals surface area contributed by atoms with Crippen LogP contribution < -0.4 is 19.5 Å². The lowest BCUT2D eigenvalue weighted by Gasteiger charge is -2.11. The maximum Gasteiger partial charge on any atom is 0.227 e. The number of rotatable bonds is 9. The van der Waals surface area contributed by atoms with E-state index in [1.165, 1.54) is 0 Å². The van der Waals surface area contributed by atoms with E-state index in [0.29, 0.717) is 46.8 Å². The summed E-state index contributed by atoms with van der Waals surface area (Å²) in [6, 6.07) is 22.0. The summed E-state index contributed by atoms with van der Waals surface area (Å²) < 4.78 is 21.8. The number of para-hydroxylation sites is 3. The van der Waals surface area contributed by atoms with Crippen LogP contribution in [0.3, 0.4) is 0 Å². The quantitative estimate of drug-likeness (QED) is 0.382. The van der Waals surface area contributed by atoms with Gasteiger partial charge in [0, 0.05) is 18.4 Å². The third-order valence-electron chi connectivity index (χ3n) is 4.81. The number of benzene rings is 3. The number of nitrogens with one attached hydrogen (secondary N) is 1. The third kappa shape index (κ3) is 5.48. The molecule has 1 aromatic heterocycles. The van der Waals surface area contributed by atoms with E-state index in [1.54, 1.807) is 38.5 Å². The second-order valence-electron chi connectivity index (χ2n) is 7.04. The van der Waals surface area contributed by atoms with Crippen molar-refractivity contribution in [3.05, 3.63) is 78.7 Å². The van der Waals surface area contributed by atoms with Crippen molar-refractivity contribution < 1.29 is 23.5 Å². The maximum atomic E-state index is 12.5. The first kappa shape index (κ1) is 21.9. The molecule has 4 rings (SSSR count). The van der Waals surface area contributed by atoms with Crippen molar-refractivity contribution in [3.63, 3.8) is 0 Å². The molecule has 0 fully saturated rings. The second kappa shape index (κ2) is 10.3. The summed E-state index contributed by atoms with van der Waals surface area (Å²) >= 11 is 0. The number of nitrogens with zero attached hydrogens (tertiary/aromatic N) is 2. The topological polar surface area (TPSA) is 95.7 Å². The molecule has 168 valence electrons. The monoisotopic (exact) mass is 445 g/mol. The number of aryl methyl sites for hydroxylation is 1. The molecule has 8 heteroatoms. The molecule has 1 N–H and O–H groups in total. The molecule has 4 aromatic rings. The van der Waals surface area contributed by atoms with Crippen molar-refractivity contribution >= 4 is 11.6 Å². The van der Waals surface area contributed by atoms with Crippen molar-refractivity contribution in [2.45, 2.75) is 12.8 Å². The van der Waals surface area contributed by atoms with E-state index in [-0.39, 0.29) is 12.3 Å². The minimum absolute atomic E-state index is 0.174. The Kier molecular flexibility index (Phi) is 6.84. The molecule has 1 amide bonds. The molecular formula is C25H23N3O5. The van der Waals surface area contributed by atoms with Crippen LogP contribution in [0.25, 0.3) is 11.4 Å². The third-order valence-corrected chi connectivity index (χ3v) is 4.81. The van der Waals surface area contributed by atoms with Gasteiger partial charge in [-0.25, -0.2) is 0 Å². The van der Waals surface area contributed by atoms with E-state index in [9.17, 15) is 4.79 Å². The van der Waals surface area contributed by atoms with Gasteiger partial charge in [-0.1, -0.05) is 35.5 Å². The van der Waals surface area contributed by atoms with Crippen LogP contribution in [0.4, 0.5) is 5.69 Å². The van der Waals surface area contributed by atoms with Gasteiger partial charge < -0.3 is 24.1 Å². The lowest BCUT2D eigenvalue weighted by Crippen LogP contribution is -2.13. The van der Waals surface area contributed by atoms with Crippen LogP contribution in [-0.4, -0.2) is 30.3 Å². The summed E-state index contributed by atoms with van der Waals surface area (Å²) in [5.41, 5.74) is 1.31. The molecule has 0 atom stereocenters. The zero-order chi connectivity index (χ0) is 23.0. The Balaban J connectivity index is 1.37. The summed E-state index contributed by atoms with van der Waals surface area (Å²) in [5, 5.41) is 6.89. The molecule has 0 unspecified atom stereocenters. The highest BCUT2D eigenvalue weighted by molar-refractivity contribution is 5.92. The van der Waals surface area contributed by atoms with Crippen molar-refractivity contribution in [2.24, 2.45) is 0 Å². The minimum atomic E-state index is -0.190. The molecule has 0 spiro atoms. The van der Waals surface area contributed by atoms with E-state index < -0.39 is 0 Å². The normalized spacial score (nSPS) is 10.5. The Labute approximate surface area is 191 Å². The van der Waals surface area contributed by atoms with Gasteiger partial charge in [-0.3, -0.25) is 4.79 Å². The van der Waals surface area contributed by atoms with Crippen LogP contribution in [-0.2, 0) is 11.2 Å². The summed E-state index contributed by atoms with van der Waals surface area (Å²) in [5.74, 6) is 3.01. The van der Waals surface area contributed by atoms with Crippen LogP contribution in [0.15, 0.2) is 77.3 Å². The van der Waals surface area contributed by atoms with E-state index in [1.807, 2.05) is 48.5 Å². The first-order valence-corrected chi connectivity index (χ1v) is 10.3. The number of methoxy groups -OCH3 is 2. The van der Waals surface area contributed by atoms with Crippen molar-refractivity contribution in [3.8, 4) is 34.4 Å². The van der Waals surface area contributed by atoms with Crippen LogP contribution in [0, 0.1) is 0 Å². The number of carbonyl (C=O) groups is 1. The average Bonchev–Trinajstić information content (AvgIpc) is 3.33. The minimum Gasteiger partial charge on any atom is -0.493 e. The molecule has 0 aliphatic rings. The number of hydrogen-bond donors (Lipinski definition) is 1. The molecular weight excluding hydrogens is 422 g/mol. The van der Waals surface area contributed by atoms with Gasteiger partial charge in [0.15, 0.2) is 17.2 Å². The van der Waals surface area contributed by atoms with Gasteiger partial charge in [-0.05, 0) is 42.5 Å². The lowest BCUT2D eigenvalue weighted by molar-refractivity contribution is -0.116. The fourth-order valence-electron chi connectivity index (χ4n) is 3.16. The summed E-state index contributed by atoms with van der Waals surface area (Å²) in [7, 11) is 3.13. The zero-order valence-electron chi connectivity index (χ0n) is 18.3. The molecule has 0 aliphatic heterocycles. The Morgan fingerprint density at radius 2 is 1.67 bits per heavy atom. The van der Waals surface area contributed by atoms with Crippen molar-refractivity contribution in [2.75, 3.05) is 19.5 Å². The predicted octanol–water partition coefficient (Wildman–Crippen LogP) is 5.12. The Morgan fingerprint density at radius 3 is 2.45 bits per heavy atom. The number of ether oxygens (including phenoxy) is 3. The van der Waals surface area contributed by atoms with Crippen LogP contribution in [0.1, 0.15) is 12.3 Å². The summed E-state index contributed by atoms with van der Waals surface area (Å²) in [6.45, 7) is 0. The molecule has 0 saturated carbocycles. The molecule has 0 aliphatic carbocycles. The molecule has 3 aromatic carbocycles. The van der Waals surface area contributed by atoms with Gasteiger partial charge in [0.1, 0.15) is 5.75 Å². The summed E-state index contributed by atoms with van der Waals surface area (Å²) in [6.07, 6.45) is 0.473. The smallest absolute Gasteiger partial charge is 0.227 e. The van der Waals surface area contributed by atoms with Crippen LogP contribution in [0.2, 0.25) is 0 Å². The highest BCUT2D eigenvalue weighted by atomic mass is 16.5. The fourth-order valence-corrected chi connectivity index (χ4v) is 3.16. The zero-order valence-corrected chi connectivity index (χ0v) is 18.3. The summed E-state index contributed by atoms with van der Waals surface area (Å²) in [4.78, 5) is 16.9. The molecule has 1 heterocycles. The van der Waals surface area contributed by atoms with E-state index >= 15 is 0 Å². The second-order valence-corrected chi connectivity index (χ2v) is 7.04. The van der Waals surface area contributed by atoms with Gasteiger partial charge in [0.25, 0.3) is 0 Å². The van der Waals surface area contributed by atoms with Crippen LogP contribution in [0.5, 0.6) is 23.0 Å². The highest BCUT2D eigenvalue weighted by Crippen LogP contribution is 2.31. The fraction of sp³-hybridized carbons (Fsp3) is 0.160. The predicted molar refractivity (Wildman–Crippen MR) is 123 cm³/mol. The average molecular weight is 445 g/mol. The van der Waals surface area contributed by atoms with E-state index in [2.05, 4.69) is 15.5 Å². The number of aromatic nitrogens is 2. The number of amides is 1. The molecule has 0 saturated heterocycles. The SMILES string of the molecule is COc1ccc(-c2noc(CCC(=O)Nc3ccccc3Oc3ccccc3)n2)cc1OC. The van der Waals surface area contributed by atoms with Crippen LogP contribution >= 0.6 is 0 Å². The standard InChI is InChI=1S/C25H23N3O5/c1-30-21-13-12-17(16-22(21)31-2)25-27-24(33-28-25)15-14-23(29)26-19-10-6-7-11-20(19)32-18-8-4-3-5-9-18/h3-13,16H,14-15H2,1-2H3,(H,26,29). The van der Waals surface area contributed by atoms with E-state index in [4.69, 9.17) is 18.7 Å². The molecule has 0 radical (unpaired) electrons. The number of hydrogen-bond acceptors (Lipinski definition) is 7. The van der Waals surface area contributed by atoms with Gasteiger partial charge in [0.05, 0.1) is 19.9 Å². The van der Waals surface area contributed by atoms with Crippen molar-refractivity contribution in [1.82, 2.24) is 10.1 Å². The van der Waals surface area contributed by atoms with Gasteiger partial charge in [-0.2, -0.15) is 4.98 Å². The highest BCUT2D eigenvalue weighted by Gasteiger charge is 2.14. The number of anilines is 1. The first-order valence-electron chi connectivity index (χ1n) is 10.3. The van der Waals surface area contributed by atoms with Gasteiger partial charge in [-0.15, -0.1) is 0 Å². The molecule has 8 nitrogen and oxygen atoms in total. The maximum absolute atomic E-state index is 12.5. The van der Waals surface area contributed by atoms with Crippen molar-refractivity contribution in [1.29, 1.82) is 0 Å². The molecule has 0 bridgehead atoms. The first-order chi connectivity index (χ1) is 16.2. The van der Waals surface area contributed by atoms with Gasteiger partial charge >= 0.3 is 0 Å². The lowest BCUT2D eigenvalue weighted by atomic mass is 10.2. The molecule has 33 heavy (non-hydrogen) atoms. The number of carbonyl (C=O) groups excluding carboxylic acids is 1.